The van der Waals surface area contributed by atoms with Crippen LogP contribution in [0.3, 0.4) is 0 Å². The van der Waals surface area contributed by atoms with Gasteiger partial charge in [0.25, 0.3) is 0 Å². The van der Waals surface area contributed by atoms with Gasteiger partial charge in [0.05, 0.1) is 0 Å². The molecule has 0 amide bonds. The maximum Gasteiger partial charge on any atom is 0.328 e. The van der Waals surface area contributed by atoms with Gasteiger partial charge in [0.2, 0.25) is 0 Å². The summed E-state index contributed by atoms with van der Waals surface area (Å²) >= 11 is 0. The quantitative estimate of drug-likeness (QED) is 0.585. The number of ether oxygens (including phenoxy) is 1. The molecule has 0 spiro atoms. The molecule has 2 unspecified atom stereocenters. The van der Waals surface area contributed by atoms with Crippen molar-refractivity contribution >= 4 is 5.97 Å². The molecule has 2 rings (SSSR count). The molecule has 1 heterocycles. The fourth-order valence-corrected chi connectivity index (χ4v) is 3.87. The minimum absolute atomic E-state index is 0.0883. The Kier molecular flexibility index (Phi) is 4.88. The van der Waals surface area contributed by atoms with Crippen LogP contribution in [0.15, 0.2) is 47.3 Å². The lowest BCUT2D eigenvalue weighted by Crippen LogP contribution is -2.44. The van der Waals surface area contributed by atoms with E-state index in [1.807, 2.05) is 19.1 Å². The van der Waals surface area contributed by atoms with Crippen LogP contribution in [0.5, 0.6) is 0 Å². The molecular weight excluding hydrogens is 288 g/mol. The van der Waals surface area contributed by atoms with E-state index in [4.69, 9.17) is 9.84 Å². The second kappa shape index (κ2) is 6.38. The zero-order valence-electron chi connectivity index (χ0n) is 14.8. The van der Waals surface area contributed by atoms with E-state index in [1.165, 1.54) is 18.9 Å². The largest absolute Gasteiger partial charge is 0.487 e. The summed E-state index contributed by atoms with van der Waals surface area (Å²) in [6.45, 7) is 10.7. The Bertz CT molecular complexity index is 604. The molecular formula is C20H28O3. The highest BCUT2D eigenvalue weighted by atomic mass is 16.5. The molecule has 126 valence electrons. The third-order valence-electron chi connectivity index (χ3n) is 5.10. The Balaban J connectivity index is 2.15. The Labute approximate surface area is 139 Å². The van der Waals surface area contributed by atoms with Crippen molar-refractivity contribution in [2.45, 2.75) is 59.5 Å². The van der Waals surface area contributed by atoms with Crippen molar-refractivity contribution in [2.75, 3.05) is 0 Å². The monoisotopic (exact) mass is 316 g/mol. The normalized spacial score (nSPS) is 30.8. The summed E-state index contributed by atoms with van der Waals surface area (Å²) in [6.07, 6.45) is 12.7. The molecule has 0 aromatic rings. The van der Waals surface area contributed by atoms with Crippen molar-refractivity contribution in [3.8, 4) is 0 Å². The van der Waals surface area contributed by atoms with Gasteiger partial charge in [-0.25, -0.2) is 4.79 Å². The molecule has 1 N–H and O–H groups in total. The molecule has 3 nitrogen and oxygen atoms in total. The first-order chi connectivity index (χ1) is 10.6. The maximum absolute atomic E-state index is 10.6. The first kappa shape index (κ1) is 17.6. The van der Waals surface area contributed by atoms with Crippen molar-refractivity contribution < 1.29 is 14.6 Å². The highest BCUT2D eigenvalue weighted by Gasteiger charge is 2.50. The maximum atomic E-state index is 10.6. The number of aliphatic carboxylic acids is 1. The van der Waals surface area contributed by atoms with Crippen molar-refractivity contribution in [2.24, 2.45) is 11.3 Å². The second-order valence-electron chi connectivity index (χ2n) is 7.70. The molecule has 1 saturated carbocycles. The summed E-state index contributed by atoms with van der Waals surface area (Å²) in [7, 11) is 0. The van der Waals surface area contributed by atoms with E-state index in [-0.39, 0.29) is 11.0 Å². The minimum atomic E-state index is -0.922. The average Bonchev–Trinajstić information content (AvgIpc) is 2.77. The number of rotatable bonds is 4. The highest BCUT2D eigenvalue weighted by Crippen LogP contribution is 2.53. The van der Waals surface area contributed by atoms with E-state index in [2.05, 4.69) is 26.8 Å². The molecule has 1 fully saturated rings. The smallest absolute Gasteiger partial charge is 0.328 e. The summed E-state index contributed by atoms with van der Waals surface area (Å²) in [5.41, 5.74) is 1.97. The average molecular weight is 316 g/mol. The Morgan fingerprint density at radius 1 is 1.30 bits per heavy atom. The van der Waals surface area contributed by atoms with Crippen LogP contribution < -0.4 is 0 Å². The van der Waals surface area contributed by atoms with Crippen LogP contribution in [-0.4, -0.2) is 16.7 Å². The molecule has 0 bridgehead atoms. The number of carbonyl (C=O) groups is 1. The fraction of sp³-hybridized carbons (Fsp3) is 0.550. The lowest BCUT2D eigenvalue weighted by molar-refractivity contribution is -0.131. The number of fused-ring (bicyclic) bond motifs is 1. The Morgan fingerprint density at radius 2 is 2.00 bits per heavy atom. The van der Waals surface area contributed by atoms with Crippen molar-refractivity contribution in [1.29, 1.82) is 0 Å². The zero-order valence-corrected chi connectivity index (χ0v) is 14.8. The van der Waals surface area contributed by atoms with E-state index in [9.17, 15) is 4.79 Å². The van der Waals surface area contributed by atoms with E-state index in [0.29, 0.717) is 11.5 Å². The Morgan fingerprint density at radius 3 is 2.61 bits per heavy atom. The van der Waals surface area contributed by atoms with Gasteiger partial charge in [0.15, 0.2) is 0 Å². The van der Waals surface area contributed by atoms with Gasteiger partial charge < -0.3 is 9.84 Å². The summed E-state index contributed by atoms with van der Waals surface area (Å²) in [4.78, 5) is 10.6. The van der Waals surface area contributed by atoms with Gasteiger partial charge in [-0.1, -0.05) is 32.1 Å². The molecule has 0 aromatic carbocycles. The SMILES string of the molecule is C/C(=C/C=C/C(C)=C/C(=O)O)C1=CC2C(C)(C)CCCC2(C)O1. The van der Waals surface area contributed by atoms with Crippen LogP contribution >= 0.6 is 0 Å². The van der Waals surface area contributed by atoms with E-state index < -0.39 is 5.97 Å². The van der Waals surface area contributed by atoms with Gasteiger partial charge in [0, 0.05) is 12.0 Å². The Hall–Kier alpha value is -1.77. The van der Waals surface area contributed by atoms with E-state index >= 15 is 0 Å². The fourth-order valence-electron chi connectivity index (χ4n) is 3.87. The van der Waals surface area contributed by atoms with Gasteiger partial charge in [-0.2, -0.15) is 0 Å². The molecule has 2 aliphatic rings. The van der Waals surface area contributed by atoms with Crippen molar-refractivity contribution in [3.05, 3.63) is 47.3 Å². The van der Waals surface area contributed by atoms with Gasteiger partial charge >= 0.3 is 5.97 Å². The predicted octanol–water partition coefficient (Wildman–Crippen LogP) is 5.02. The molecule has 0 aromatic heterocycles. The number of hydrogen-bond donors (Lipinski definition) is 1. The van der Waals surface area contributed by atoms with Crippen LogP contribution in [0.1, 0.15) is 53.9 Å². The minimum Gasteiger partial charge on any atom is -0.487 e. The number of allylic oxidation sites excluding steroid dienone is 5. The molecule has 23 heavy (non-hydrogen) atoms. The van der Waals surface area contributed by atoms with Crippen LogP contribution in [0.25, 0.3) is 0 Å². The van der Waals surface area contributed by atoms with Gasteiger partial charge in [-0.3, -0.25) is 0 Å². The standard InChI is InChI=1S/C20H28O3/c1-14(12-18(21)22)8-6-9-15(2)16-13-17-19(3,4)10-7-11-20(17,5)23-16/h6,8-9,12-13,17H,7,10-11H2,1-5H3,(H,21,22)/b8-6+,14-12+,15-9-. The lowest BCUT2D eigenvalue weighted by Gasteiger charge is -2.45. The molecule has 3 heteroatoms. The number of hydrogen-bond acceptors (Lipinski definition) is 2. The summed E-state index contributed by atoms with van der Waals surface area (Å²) < 4.78 is 6.32. The summed E-state index contributed by atoms with van der Waals surface area (Å²) in [5.74, 6) is 0.491. The zero-order chi connectivity index (χ0) is 17.3. The van der Waals surface area contributed by atoms with Crippen LogP contribution in [0, 0.1) is 11.3 Å². The van der Waals surface area contributed by atoms with Crippen molar-refractivity contribution in [1.82, 2.24) is 0 Å². The third kappa shape index (κ3) is 3.95. The summed E-state index contributed by atoms with van der Waals surface area (Å²) in [6, 6.07) is 0. The molecule has 1 aliphatic carbocycles. The van der Waals surface area contributed by atoms with Gasteiger partial charge in [-0.15, -0.1) is 0 Å². The summed E-state index contributed by atoms with van der Waals surface area (Å²) in [5, 5.41) is 8.71. The first-order valence-electron chi connectivity index (χ1n) is 8.31. The molecule has 2 atom stereocenters. The number of carboxylic acids is 1. The van der Waals surface area contributed by atoms with Crippen molar-refractivity contribution in [3.63, 3.8) is 0 Å². The third-order valence-corrected chi connectivity index (χ3v) is 5.10. The highest BCUT2D eigenvalue weighted by molar-refractivity contribution is 5.81. The van der Waals surface area contributed by atoms with E-state index in [1.54, 1.807) is 13.0 Å². The number of carboxylic acid groups (broad SMARTS) is 1. The lowest BCUT2D eigenvalue weighted by atomic mass is 9.62. The predicted molar refractivity (Wildman–Crippen MR) is 93.0 cm³/mol. The van der Waals surface area contributed by atoms with Crippen LogP contribution in [0.2, 0.25) is 0 Å². The molecule has 0 radical (unpaired) electrons. The van der Waals surface area contributed by atoms with Crippen LogP contribution in [0.4, 0.5) is 0 Å². The van der Waals surface area contributed by atoms with Gasteiger partial charge in [0.1, 0.15) is 11.4 Å². The first-order valence-corrected chi connectivity index (χ1v) is 8.31. The van der Waals surface area contributed by atoms with Gasteiger partial charge in [-0.05, 0) is 62.7 Å². The second-order valence-corrected chi connectivity index (χ2v) is 7.70. The van der Waals surface area contributed by atoms with Crippen LogP contribution in [-0.2, 0) is 9.53 Å². The molecule has 1 aliphatic heterocycles. The molecule has 0 saturated heterocycles. The van der Waals surface area contributed by atoms with E-state index in [0.717, 1.165) is 17.8 Å². The topological polar surface area (TPSA) is 46.5 Å².